The molecule has 4 heteroatoms. The standard InChI is InChI=1S/C12H15F2NO/c1-8(2)5-6-15-12(16)9-3-4-10(13)11(14)7-9/h3-4,7-8H,5-6H2,1-2H3,(H,15,16). The van der Waals surface area contributed by atoms with Gasteiger partial charge in [0, 0.05) is 12.1 Å². The Morgan fingerprint density at radius 2 is 2.00 bits per heavy atom. The monoisotopic (exact) mass is 227 g/mol. The molecule has 1 rings (SSSR count). The first-order valence-electron chi connectivity index (χ1n) is 5.24. The molecule has 0 aliphatic rings. The molecule has 1 aromatic carbocycles. The summed E-state index contributed by atoms with van der Waals surface area (Å²) in [6.45, 7) is 4.63. The summed E-state index contributed by atoms with van der Waals surface area (Å²) in [6, 6.07) is 3.12. The molecule has 0 aromatic heterocycles. The van der Waals surface area contributed by atoms with Gasteiger partial charge in [-0.2, -0.15) is 0 Å². The predicted octanol–water partition coefficient (Wildman–Crippen LogP) is 2.74. The van der Waals surface area contributed by atoms with Gasteiger partial charge in [-0.25, -0.2) is 8.78 Å². The van der Waals surface area contributed by atoms with Crippen LogP contribution in [0.25, 0.3) is 0 Å². The van der Waals surface area contributed by atoms with Crippen molar-refractivity contribution in [1.82, 2.24) is 5.32 Å². The second-order valence-corrected chi connectivity index (χ2v) is 4.07. The van der Waals surface area contributed by atoms with E-state index in [1.807, 2.05) is 13.8 Å². The first kappa shape index (κ1) is 12.6. The molecule has 1 amide bonds. The highest BCUT2D eigenvalue weighted by Crippen LogP contribution is 2.08. The molecule has 1 aromatic rings. The minimum absolute atomic E-state index is 0.141. The highest BCUT2D eigenvalue weighted by molar-refractivity contribution is 5.94. The van der Waals surface area contributed by atoms with Gasteiger partial charge >= 0.3 is 0 Å². The highest BCUT2D eigenvalue weighted by atomic mass is 19.2. The van der Waals surface area contributed by atoms with Crippen LogP contribution in [0.3, 0.4) is 0 Å². The van der Waals surface area contributed by atoms with E-state index in [0.29, 0.717) is 12.5 Å². The fraction of sp³-hybridized carbons (Fsp3) is 0.417. The lowest BCUT2D eigenvalue weighted by Crippen LogP contribution is -2.25. The number of benzene rings is 1. The van der Waals surface area contributed by atoms with Crippen LogP contribution in [0, 0.1) is 17.6 Å². The number of carbonyl (C=O) groups is 1. The van der Waals surface area contributed by atoms with Gasteiger partial charge in [-0.15, -0.1) is 0 Å². The van der Waals surface area contributed by atoms with Gasteiger partial charge < -0.3 is 5.32 Å². The average Bonchev–Trinajstić information content (AvgIpc) is 2.21. The molecule has 0 aliphatic carbocycles. The van der Waals surface area contributed by atoms with E-state index in [0.717, 1.165) is 18.6 Å². The lowest BCUT2D eigenvalue weighted by atomic mass is 10.1. The average molecular weight is 227 g/mol. The summed E-state index contributed by atoms with van der Waals surface area (Å²) >= 11 is 0. The maximum Gasteiger partial charge on any atom is 0.251 e. The number of hydrogen-bond acceptors (Lipinski definition) is 1. The summed E-state index contributed by atoms with van der Waals surface area (Å²) in [6.07, 6.45) is 0.857. The van der Waals surface area contributed by atoms with Crippen LogP contribution in [-0.2, 0) is 0 Å². The lowest BCUT2D eigenvalue weighted by Gasteiger charge is -2.07. The van der Waals surface area contributed by atoms with Gasteiger partial charge in [0.15, 0.2) is 11.6 Å². The van der Waals surface area contributed by atoms with Crippen LogP contribution in [0.1, 0.15) is 30.6 Å². The van der Waals surface area contributed by atoms with E-state index in [9.17, 15) is 13.6 Å². The van der Waals surface area contributed by atoms with E-state index >= 15 is 0 Å². The molecule has 0 heterocycles. The molecule has 0 fully saturated rings. The van der Waals surface area contributed by atoms with Gasteiger partial charge in [0.2, 0.25) is 0 Å². The molecule has 16 heavy (non-hydrogen) atoms. The molecule has 0 atom stereocenters. The topological polar surface area (TPSA) is 29.1 Å². The van der Waals surface area contributed by atoms with Crippen molar-refractivity contribution in [3.8, 4) is 0 Å². The lowest BCUT2D eigenvalue weighted by molar-refractivity contribution is 0.0951. The normalized spacial score (nSPS) is 10.6. The van der Waals surface area contributed by atoms with Crippen LogP contribution < -0.4 is 5.32 Å². The Morgan fingerprint density at radius 1 is 1.31 bits per heavy atom. The van der Waals surface area contributed by atoms with Crippen LogP contribution in [0.4, 0.5) is 8.78 Å². The maximum atomic E-state index is 12.8. The molecule has 0 aliphatic heterocycles. The molecule has 0 radical (unpaired) electrons. The van der Waals surface area contributed by atoms with E-state index in [-0.39, 0.29) is 11.5 Å². The van der Waals surface area contributed by atoms with Crippen LogP contribution in [0.5, 0.6) is 0 Å². The predicted molar refractivity (Wildman–Crippen MR) is 58.1 cm³/mol. The zero-order chi connectivity index (χ0) is 12.1. The summed E-state index contributed by atoms with van der Waals surface area (Å²) in [5.74, 6) is -1.83. The van der Waals surface area contributed by atoms with Crippen molar-refractivity contribution in [3.05, 3.63) is 35.4 Å². The van der Waals surface area contributed by atoms with E-state index in [4.69, 9.17) is 0 Å². The summed E-state index contributed by atoms with van der Waals surface area (Å²) in [4.78, 5) is 11.5. The van der Waals surface area contributed by atoms with Gasteiger partial charge in [0.05, 0.1) is 0 Å². The van der Waals surface area contributed by atoms with Crippen molar-refractivity contribution >= 4 is 5.91 Å². The third-order valence-corrected chi connectivity index (χ3v) is 2.19. The van der Waals surface area contributed by atoms with Crippen molar-refractivity contribution < 1.29 is 13.6 Å². The van der Waals surface area contributed by atoms with Crippen molar-refractivity contribution in [2.75, 3.05) is 6.54 Å². The molecule has 0 saturated heterocycles. The Hall–Kier alpha value is -1.45. The van der Waals surface area contributed by atoms with Crippen molar-refractivity contribution in [2.45, 2.75) is 20.3 Å². The van der Waals surface area contributed by atoms with Crippen LogP contribution in [-0.4, -0.2) is 12.5 Å². The van der Waals surface area contributed by atoms with Crippen molar-refractivity contribution in [1.29, 1.82) is 0 Å². The third kappa shape index (κ3) is 3.61. The quantitative estimate of drug-likeness (QED) is 0.841. The minimum atomic E-state index is -1.00. The summed E-state index contributed by atoms with van der Waals surface area (Å²) in [5, 5.41) is 2.65. The Balaban J connectivity index is 2.56. The fourth-order valence-corrected chi connectivity index (χ4v) is 1.21. The molecule has 1 N–H and O–H groups in total. The molecule has 2 nitrogen and oxygen atoms in total. The highest BCUT2D eigenvalue weighted by Gasteiger charge is 2.09. The van der Waals surface area contributed by atoms with E-state index in [1.165, 1.54) is 6.07 Å². The molecule has 88 valence electrons. The second-order valence-electron chi connectivity index (χ2n) is 4.07. The third-order valence-electron chi connectivity index (χ3n) is 2.19. The smallest absolute Gasteiger partial charge is 0.251 e. The molecule has 0 spiro atoms. The number of rotatable bonds is 4. The first-order valence-corrected chi connectivity index (χ1v) is 5.24. The largest absolute Gasteiger partial charge is 0.352 e. The second kappa shape index (κ2) is 5.58. The molecule has 0 saturated carbocycles. The van der Waals surface area contributed by atoms with E-state index in [1.54, 1.807) is 0 Å². The van der Waals surface area contributed by atoms with Crippen LogP contribution >= 0.6 is 0 Å². The van der Waals surface area contributed by atoms with Gasteiger partial charge in [0.1, 0.15) is 0 Å². The SMILES string of the molecule is CC(C)CCNC(=O)c1ccc(F)c(F)c1. The first-order chi connectivity index (χ1) is 7.50. The molecular weight excluding hydrogens is 212 g/mol. The number of amides is 1. The molecular formula is C12H15F2NO. The summed E-state index contributed by atoms with van der Waals surface area (Å²) < 4.78 is 25.4. The zero-order valence-electron chi connectivity index (χ0n) is 9.39. The maximum absolute atomic E-state index is 12.8. The number of hydrogen-bond donors (Lipinski definition) is 1. The van der Waals surface area contributed by atoms with Gasteiger partial charge in [-0.3, -0.25) is 4.79 Å². The van der Waals surface area contributed by atoms with Crippen LogP contribution in [0.15, 0.2) is 18.2 Å². The Labute approximate surface area is 93.7 Å². The van der Waals surface area contributed by atoms with Gasteiger partial charge in [0.25, 0.3) is 5.91 Å². The Morgan fingerprint density at radius 3 is 2.56 bits per heavy atom. The van der Waals surface area contributed by atoms with Gasteiger partial charge in [-0.05, 0) is 30.5 Å². The summed E-state index contributed by atoms with van der Waals surface area (Å²) in [7, 11) is 0. The van der Waals surface area contributed by atoms with Gasteiger partial charge in [-0.1, -0.05) is 13.8 Å². The number of halogens is 2. The van der Waals surface area contributed by atoms with Crippen molar-refractivity contribution in [3.63, 3.8) is 0 Å². The zero-order valence-corrected chi connectivity index (χ0v) is 9.39. The number of carbonyl (C=O) groups excluding carboxylic acids is 1. The Kier molecular flexibility index (Phi) is 4.40. The number of nitrogens with one attached hydrogen (secondary N) is 1. The molecule has 0 unspecified atom stereocenters. The Bertz CT molecular complexity index is 377. The van der Waals surface area contributed by atoms with Crippen LogP contribution in [0.2, 0.25) is 0 Å². The fourth-order valence-electron chi connectivity index (χ4n) is 1.21. The molecule has 0 bridgehead atoms. The minimum Gasteiger partial charge on any atom is -0.352 e. The van der Waals surface area contributed by atoms with E-state index in [2.05, 4.69) is 5.32 Å². The van der Waals surface area contributed by atoms with Crippen molar-refractivity contribution in [2.24, 2.45) is 5.92 Å². The van der Waals surface area contributed by atoms with E-state index < -0.39 is 11.6 Å². The summed E-state index contributed by atoms with van der Waals surface area (Å²) in [5.41, 5.74) is 0.141.